The van der Waals surface area contributed by atoms with Crippen molar-refractivity contribution in [3.63, 3.8) is 0 Å². The molecule has 23 heavy (non-hydrogen) atoms. The third-order valence-corrected chi connectivity index (χ3v) is 7.30. The summed E-state index contributed by atoms with van der Waals surface area (Å²) in [6.45, 7) is 4.55. The zero-order chi connectivity index (χ0) is 16.2. The van der Waals surface area contributed by atoms with Crippen LogP contribution in [-0.2, 0) is 11.2 Å². The van der Waals surface area contributed by atoms with Crippen LogP contribution in [0.5, 0.6) is 5.75 Å². The summed E-state index contributed by atoms with van der Waals surface area (Å²) in [6, 6.07) is 6.65. The molecule has 4 rings (SSSR count). The van der Waals surface area contributed by atoms with E-state index in [1.165, 1.54) is 18.4 Å². The van der Waals surface area contributed by atoms with Crippen molar-refractivity contribution in [3.05, 3.63) is 29.3 Å². The first-order chi connectivity index (χ1) is 11.1. The molecule has 2 saturated carbocycles. The van der Waals surface area contributed by atoms with Crippen LogP contribution in [0.3, 0.4) is 0 Å². The summed E-state index contributed by atoms with van der Waals surface area (Å²) in [5.41, 5.74) is 2.98. The van der Waals surface area contributed by atoms with Gasteiger partial charge >= 0.3 is 0 Å². The molecule has 0 saturated heterocycles. The molecule has 0 heterocycles. The number of hydrogen-bond acceptors (Lipinski definition) is 2. The second kappa shape index (κ2) is 5.36. The third-order valence-electron chi connectivity index (χ3n) is 7.30. The molecule has 2 nitrogen and oxygen atoms in total. The van der Waals surface area contributed by atoms with Crippen molar-refractivity contribution >= 4 is 5.78 Å². The van der Waals surface area contributed by atoms with Crippen molar-refractivity contribution in [1.82, 2.24) is 0 Å². The number of ether oxygens (including phenoxy) is 1. The summed E-state index contributed by atoms with van der Waals surface area (Å²) < 4.78 is 5.41. The number of carbonyl (C=O) groups is 1. The standard InChI is InChI=1S/C21H28O2/c1-4-13-12-19(22)21(2)10-9-17-16-8-6-15(23-3)11-14(16)5-7-18(17)20(13)21/h6,8,11,13,17-18,20H,4-5,7,9-10,12H2,1-3H3/t13-,17+,18+,20-,21+/m0/s1. The Bertz CT molecular complexity index is 635. The number of rotatable bonds is 2. The van der Waals surface area contributed by atoms with Crippen molar-refractivity contribution in [2.24, 2.45) is 23.2 Å². The molecule has 0 aromatic heterocycles. The predicted molar refractivity (Wildman–Crippen MR) is 91.8 cm³/mol. The van der Waals surface area contributed by atoms with E-state index in [1.807, 2.05) is 0 Å². The highest BCUT2D eigenvalue weighted by atomic mass is 16.5. The molecular weight excluding hydrogens is 284 g/mol. The lowest BCUT2D eigenvalue weighted by atomic mass is 9.54. The molecule has 0 spiro atoms. The highest BCUT2D eigenvalue weighted by molar-refractivity contribution is 5.87. The quantitative estimate of drug-likeness (QED) is 0.787. The number of Topliss-reactive ketones (excluding diaryl/α,β-unsaturated/α-hetero) is 1. The van der Waals surface area contributed by atoms with Gasteiger partial charge in [-0.3, -0.25) is 4.79 Å². The van der Waals surface area contributed by atoms with Crippen molar-refractivity contribution in [2.45, 2.75) is 58.3 Å². The summed E-state index contributed by atoms with van der Waals surface area (Å²) in [5.74, 6) is 4.10. The number of methoxy groups -OCH3 is 1. The van der Waals surface area contributed by atoms with Gasteiger partial charge in [-0.2, -0.15) is 0 Å². The van der Waals surface area contributed by atoms with Gasteiger partial charge < -0.3 is 4.74 Å². The maximum Gasteiger partial charge on any atom is 0.139 e. The molecule has 0 aliphatic heterocycles. The van der Waals surface area contributed by atoms with Crippen LogP contribution in [0.4, 0.5) is 0 Å². The Kier molecular flexibility index (Phi) is 3.55. The van der Waals surface area contributed by atoms with Crippen molar-refractivity contribution in [1.29, 1.82) is 0 Å². The minimum Gasteiger partial charge on any atom is -0.497 e. The summed E-state index contributed by atoms with van der Waals surface area (Å²) in [4.78, 5) is 12.7. The van der Waals surface area contributed by atoms with E-state index in [9.17, 15) is 4.79 Å². The normalized spacial score (nSPS) is 38.7. The molecule has 1 aromatic rings. The highest BCUT2D eigenvalue weighted by Crippen LogP contribution is 2.61. The van der Waals surface area contributed by atoms with E-state index in [4.69, 9.17) is 4.74 Å². The van der Waals surface area contributed by atoms with Crippen molar-refractivity contribution in [2.75, 3.05) is 7.11 Å². The van der Waals surface area contributed by atoms with Gasteiger partial charge in [-0.25, -0.2) is 0 Å². The maximum atomic E-state index is 12.7. The van der Waals surface area contributed by atoms with E-state index in [1.54, 1.807) is 12.7 Å². The van der Waals surface area contributed by atoms with Gasteiger partial charge in [-0.05, 0) is 72.6 Å². The van der Waals surface area contributed by atoms with Crippen LogP contribution in [-0.4, -0.2) is 12.9 Å². The topological polar surface area (TPSA) is 26.3 Å². The Morgan fingerprint density at radius 3 is 2.87 bits per heavy atom. The Balaban J connectivity index is 1.72. The molecule has 0 radical (unpaired) electrons. The SMILES string of the molecule is CC[C@H]1CC(=O)[C@@]2(C)CC[C@@H]3c4ccc(OC)cc4CC[C@H]3[C@H]12. The second-order valence-electron chi connectivity index (χ2n) is 8.15. The van der Waals surface area contributed by atoms with E-state index in [0.29, 0.717) is 29.5 Å². The second-order valence-corrected chi connectivity index (χ2v) is 8.15. The average molecular weight is 312 g/mol. The van der Waals surface area contributed by atoms with Crippen molar-refractivity contribution in [3.8, 4) is 5.75 Å². The molecule has 2 heteroatoms. The number of ketones is 1. The van der Waals surface area contributed by atoms with Gasteiger partial charge in [0.25, 0.3) is 0 Å². The fourth-order valence-electron chi connectivity index (χ4n) is 6.13. The smallest absolute Gasteiger partial charge is 0.139 e. The number of fused-ring (bicyclic) bond motifs is 5. The van der Waals surface area contributed by atoms with E-state index in [0.717, 1.165) is 31.4 Å². The summed E-state index contributed by atoms with van der Waals surface area (Å²) in [7, 11) is 1.75. The largest absolute Gasteiger partial charge is 0.497 e. The molecule has 0 amide bonds. The van der Waals surface area contributed by atoms with Crippen LogP contribution in [0.1, 0.15) is 63.0 Å². The maximum absolute atomic E-state index is 12.7. The van der Waals surface area contributed by atoms with E-state index < -0.39 is 0 Å². The van der Waals surface area contributed by atoms with Crippen LogP contribution in [0, 0.1) is 23.2 Å². The molecule has 0 N–H and O–H groups in total. The molecule has 124 valence electrons. The first-order valence-electron chi connectivity index (χ1n) is 9.28. The van der Waals surface area contributed by atoms with Crippen LogP contribution < -0.4 is 4.74 Å². The summed E-state index contributed by atoms with van der Waals surface area (Å²) >= 11 is 0. The Hall–Kier alpha value is -1.31. The number of hydrogen-bond donors (Lipinski definition) is 0. The van der Waals surface area contributed by atoms with Gasteiger partial charge in [0, 0.05) is 11.8 Å². The van der Waals surface area contributed by atoms with E-state index in [2.05, 4.69) is 32.0 Å². The molecule has 3 aliphatic carbocycles. The molecule has 5 atom stereocenters. The van der Waals surface area contributed by atoms with Crippen LogP contribution >= 0.6 is 0 Å². The molecule has 2 fully saturated rings. The minimum atomic E-state index is -0.0359. The lowest BCUT2D eigenvalue weighted by Crippen LogP contribution is -2.44. The summed E-state index contributed by atoms with van der Waals surface area (Å²) in [6.07, 6.45) is 6.64. The van der Waals surface area contributed by atoms with Gasteiger partial charge in [-0.15, -0.1) is 0 Å². The van der Waals surface area contributed by atoms with Crippen LogP contribution in [0.2, 0.25) is 0 Å². The molecule has 1 aromatic carbocycles. The molecular formula is C21H28O2. The van der Waals surface area contributed by atoms with Gasteiger partial charge in [0.15, 0.2) is 0 Å². The average Bonchev–Trinajstić information content (AvgIpc) is 2.85. The zero-order valence-corrected chi connectivity index (χ0v) is 14.6. The van der Waals surface area contributed by atoms with Gasteiger partial charge in [0.1, 0.15) is 11.5 Å². The number of aryl methyl sites for hydroxylation is 1. The van der Waals surface area contributed by atoms with Gasteiger partial charge in [0.2, 0.25) is 0 Å². The fraction of sp³-hybridized carbons (Fsp3) is 0.667. The lowest BCUT2D eigenvalue weighted by molar-refractivity contribution is -0.129. The summed E-state index contributed by atoms with van der Waals surface area (Å²) in [5, 5.41) is 0. The lowest BCUT2D eigenvalue weighted by Gasteiger charge is -2.49. The Morgan fingerprint density at radius 1 is 1.30 bits per heavy atom. The molecule has 3 aliphatic rings. The van der Waals surface area contributed by atoms with Crippen LogP contribution in [0.25, 0.3) is 0 Å². The Morgan fingerprint density at radius 2 is 2.13 bits per heavy atom. The highest BCUT2D eigenvalue weighted by Gasteiger charge is 2.58. The number of carbonyl (C=O) groups excluding carboxylic acids is 1. The molecule has 0 bridgehead atoms. The molecule has 0 unspecified atom stereocenters. The van der Waals surface area contributed by atoms with Crippen molar-refractivity contribution < 1.29 is 9.53 Å². The van der Waals surface area contributed by atoms with Crippen LogP contribution in [0.15, 0.2) is 18.2 Å². The van der Waals surface area contributed by atoms with E-state index in [-0.39, 0.29) is 5.41 Å². The fourth-order valence-corrected chi connectivity index (χ4v) is 6.13. The predicted octanol–water partition coefficient (Wildman–Crippen LogP) is 4.76. The van der Waals surface area contributed by atoms with Gasteiger partial charge in [0.05, 0.1) is 7.11 Å². The third kappa shape index (κ3) is 2.10. The number of benzene rings is 1. The zero-order valence-electron chi connectivity index (χ0n) is 14.6. The minimum absolute atomic E-state index is 0.0359. The Labute approximate surface area is 139 Å². The first-order valence-corrected chi connectivity index (χ1v) is 9.28. The van der Waals surface area contributed by atoms with E-state index >= 15 is 0 Å². The monoisotopic (exact) mass is 312 g/mol. The first kappa shape index (κ1) is 15.2. The van der Waals surface area contributed by atoms with Gasteiger partial charge in [-0.1, -0.05) is 26.3 Å².